The van der Waals surface area contributed by atoms with Crippen LogP contribution >= 0.6 is 0 Å². The lowest BCUT2D eigenvalue weighted by molar-refractivity contribution is -0.384. The minimum atomic E-state index is -0.577. The zero-order valence-corrected chi connectivity index (χ0v) is 8.60. The maximum absolute atomic E-state index is 10.6. The van der Waals surface area contributed by atoms with Gasteiger partial charge in [0, 0.05) is 18.3 Å². The second-order valence-corrected chi connectivity index (χ2v) is 3.31. The first-order valence-electron chi connectivity index (χ1n) is 4.54. The number of hydrogen-bond donors (Lipinski definition) is 2. The molecule has 0 bridgehead atoms. The lowest BCUT2D eigenvalue weighted by Crippen LogP contribution is -2.17. The first-order chi connectivity index (χ1) is 7.00. The molecule has 1 aromatic rings. The molecule has 2 N–H and O–H groups in total. The van der Waals surface area contributed by atoms with Crippen molar-refractivity contribution in [2.45, 2.75) is 20.0 Å². The molecule has 1 rings (SSSR count). The van der Waals surface area contributed by atoms with Crippen LogP contribution in [0.1, 0.15) is 12.6 Å². The molecule has 0 amide bonds. The molecule has 1 heterocycles. The second-order valence-electron chi connectivity index (χ2n) is 3.31. The zero-order valence-electron chi connectivity index (χ0n) is 8.60. The second kappa shape index (κ2) is 4.70. The molecule has 0 aliphatic carbocycles. The number of aromatic nitrogens is 1. The Balaban J connectivity index is 2.92. The van der Waals surface area contributed by atoms with Crippen molar-refractivity contribution < 1.29 is 10.0 Å². The smallest absolute Gasteiger partial charge is 0.311 e. The van der Waals surface area contributed by atoms with Gasteiger partial charge in [-0.05, 0) is 19.9 Å². The van der Waals surface area contributed by atoms with E-state index in [1.54, 1.807) is 19.9 Å². The molecule has 0 radical (unpaired) electrons. The molecule has 1 atom stereocenters. The number of aryl methyl sites for hydroxylation is 1. The van der Waals surface area contributed by atoms with Crippen LogP contribution < -0.4 is 5.32 Å². The van der Waals surface area contributed by atoms with E-state index in [4.69, 9.17) is 5.11 Å². The average molecular weight is 211 g/mol. The van der Waals surface area contributed by atoms with Crippen LogP contribution in [0.25, 0.3) is 0 Å². The molecule has 82 valence electrons. The summed E-state index contributed by atoms with van der Waals surface area (Å²) in [6, 6.07) is 2.97. The highest BCUT2D eigenvalue weighted by Crippen LogP contribution is 2.21. The number of rotatable bonds is 4. The summed E-state index contributed by atoms with van der Waals surface area (Å²) in [7, 11) is 0. The van der Waals surface area contributed by atoms with Gasteiger partial charge in [0.2, 0.25) is 5.82 Å². The van der Waals surface area contributed by atoms with Crippen molar-refractivity contribution in [1.29, 1.82) is 0 Å². The first kappa shape index (κ1) is 11.4. The van der Waals surface area contributed by atoms with Crippen molar-refractivity contribution in [1.82, 2.24) is 4.98 Å². The third-order valence-corrected chi connectivity index (χ3v) is 1.77. The van der Waals surface area contributed by atoms with Crippen molar-refractivity contribution >= 4 is 11.5 Å². The molecule has 6 nitrogen and oxygen atoms in total. The van der Waals surface area contributed by atoms with Crippen LogP contribution in [0.5, 0.6) is 0 Å². The van der Waals surface area contributed by atoms with Gasteiger partial charge in [-0.2, -0.15) is 0 Å². The maximum atomic E-state index is 10.6. The zero-order chi connectivity index (χ0) is 11.4. The fourth-order valence-electron chi connectivity index (χ4n) is 1.07. The minimum Gasteiger partial charge on any atom is -0.392 e. The number of pyridine rings is 1. The summed E-state index contributed by atoms with van der Waals surface area (Å²) in [6.07, 6.45) is -0.577. The fraction of sp³-hybridized carbons (Fsp3) is 0.444. The van der Waals surface area contributed by atoms with Crippen molar-refractivity contribution in [3.63, 3.8) is 0 Å². The lowest BCUT2D eigenvalue weighted by atomic mass is 10.3. The molecular formula is C9H13N3O3. The van der Waals surface area contributed by atoms with E-state index >= 15 is 0 Å². The summed E-state index contributed by atoms with van der Waals surface area (Å²) < 4.78 is 0. The number of hydrogen-bond acceptors (Lipinski definition) is 5. The number of nitro groups is 1. The minimum absolute atomic E-state index is 0.0822. The van der Waals surface area contributed by atoms with Crippen LogP contribution in [0, 0.1) is 17.0 Å². The summed E-state index contributed by atoms with van der Waals surface area (Å²) in [6.45, 7) is 3.57. The molecule has 0 aliphatic heterocycles. The molecule has 1 unspecified atom stereocenters. The Bertz CT molecular complexity index is 366. The van der Waals surface area contributed by atoms with E-state index in [1.165, 1.54) is 6.07 Å². The highest BCUT2D eigenvalue weighted by atomic mass is 16.6. The molecule has 0 spiro atoms. The van der Waals surface area contributed by atoms with Gasteiger partial charge < -0.3 is 10.4 Å². The van der Waals surface area contributed by atoms with Crippen LogP contribution in [0.4, 0.5) is 11.5 Å². The highest BCUT2D eigenvalue weighted by molar-refractivity contribution is 5.56. The van der Waals surface area contributed by atoms with Crippen LogP contribution in [0.15, 0.2) is 12.1 Å². The summed E-state index contributed by atoms with van der Waals surface area (Å²) in [4.78, 5) is 14.1. The molecular weight excluding hydrogens is 198 g/mol. The van der Waals surface area contributed by atoms with E-state index in [1.807, 2.05) is 0 Å². The van der Waals surface area contributed by atoms with Gasteiger partial charge in [-0.25, -0.2) is 4.98 Å². The van der Waals surface area contributed by atoms with E-state index in [2.05, 4.69) is 10.3 Å². The van der Waals surface area contributed by atoms with Crippen LogP contribution in [-0.4, -0.2) is 27.7 Å². The number of nitrogens with zero attached hydrogens (tertiary/aromatic N) is 2. The van der Waals surface area contributed by atoms with Crippen molar-refractivity contribution in [2.75, 3.05) is 11.9 Å². The molecule has 0 fully saturated rings. The van der Waals surface area contributed by atoms with E-state index in [-0.39, 0.29) is 18.1 Å². The summed E-state index contributed by atoms with van der Waals surface area (Å²) in [5.41, 5.74) is 0.606. The SMILES string of the molecule is Cc1ccc([N+](=O)[O-])c(NCC(C)O)n1. The van der Waals surface area contributed by atoms with Crippen LogP contribution in [0.2, 0.25) is 0 Å². The summed E-state index contributed by atoms with van der Waals surface area (Å²) >= 11 is 0. The molecule has 0 aromatic carbocycles. The van der Waals surface area contributed by atoms with E-state index in [9.17, 15) is 10.1 Å². The Morgan fingerprint density at radius 3 is 2.87 bits per heavy atom. The Kier molecular flexibility index (Phi) is 3.56. The van der Waals surface area contributed by atoms with Gasteiger partial charge in [0.15, 0.2) is 0 Å². The normalized spacial score (nSPS) is 12.2. The predicted molar refractivity (Wildman–Crippen MR) is 55.8 cm³/mol. The monoisotopic (exact) mass is 211 g/mol. The van der Waals surface area contributed by atoms with Gasteiger partial charge >= 0.3 is 5.69 Å². The fourth-order valence-corrected chi connectivity index (χ4v) is 1.07. The molecule has 6 heteroatoms. The Morgan fingerprint density at radius 2 is 2.33 bits per heavy atom. The van der Waals surface area contributed by atoms with E-state index < -0.39 is 11.0 Å². The van der Waals surface area contributed by atoms with Gasteiger partial charge in [0.25, 0.3) is 0 Å². The molecule has 0 saturated carbocycles. The summed E-state index contributed by atoms with van der Waals surface area (Å²) in [5.74, 6) is 0.195. The Morgan fingerprint density at radius 1 is 1.67 bits per heavy atom. The first-order valence-corrected chi connectivity index (χ1v) is 4.54. The molecule has 1 aromatic heterocycles. The van der Waals surface area contributed by atoms with E-state index in [0.29, 0.717) is 5.69 Å². The van der Waals surface area contributed by atoms with Crippen molar-refractivity contribution in [2.24, 2.45) is 0 Å². The predicted octanol–water partition coefficient (Wildman–Crippen LogP) is 1.09. The standard InChI is InChI=1S/C9H13N3O3/c1-6-3-4-8(12(14)15)9(11-6)10-5-7(2)13/h3-4,7,13H,5H2,1-2H3,(H,10,11). The Hall–Kier alpha value is -1.69. The van der Waals surface area contributed by atoms with Gasteiger partial charge in [-0.1, -0.05) is 0 Å². The van der Waals surface area contributed by atoms with Crippen LogP contribution in [-0.2, 0) is 0 Å². The number of nitrogens with one attached hydrogen (secondary N) is 1. The molecule has 0 saturated heterocycles. The van der Waals surface area contributed by atoms with Gasteiger partial charge in [0.1, 0.15) is 0 Å². The van der Waals surface area contributed by atoms with Crippen molar-refractivity contribution in [3.8, 4) is 0 Å². The van der Waals surface area contributed by atoms with Gasteiger partial charge in [0.05, 0.1) is 11.0 Å². The molecule has 0 aliphatic rings. The highest BCUT2D eigenvalue weighted by Gasteiger charge is 2.14. The lowest BCUT2D eigenvalue weighted by Gasteiger charge is -2.08. The van der Waals surface area contributed by atoms with Crippen LogP contribution in [0.3, 0.4) is 0 Å². The third-order valence-electron chi connectivity index (χ3n) is 1.77. The Labute approximate surface area is 87.1 Å². The average Bonchev–Trinajstić information content (AvgIpc) is 2.14. The van der Waals surface area contributed by atoms with Crippen molar-refractivity contribution in [3.05, 3.63) is 27.9 Å². The number of anilines is 1. The third kappa shape index (κ3) is 3.17. The summed E-state index contributed by atoms with van der Waals surface area (Å²) in [5, 5.41) is 22.4. The number of aliphatic hydroxyl groups is 1. The van der Waals surface area contributed by atoms with Gasteiger partial charge in [-0.3, -0.25) is 10.1 Å². The largest absolute Gasteiger partial charge is 0.392 e. The number of aliphatic hydroxyl groups excluding tert-OH is 1. The molecule has 15 heavy (non-hydrogen) atoms. The quantitative estimate of drug-likeness (QED) is 0.575. The van der Waals surface area contributed by atoms with Gasteiger partial charge in [-0.15, -0.1) is 0 Å². The van der Waals surface area contributed by atoms with E-state index in [0.717, 1.165) is 0 Å². The maximum Gasteiger partial charge on any atom is 0.311 e. The topological polar surface area (TPSA) is 88.3 Å².